The SMILES string of the molecule is CNCc1nc(Cl)nc2c(O)cccc12. The molecule has 0 aliphatic carbocycles. The van der Waals surface area contributed by atoms with Gasteiger partial charge in [0.25, 0.3) is 0 Å². The molecule has 1 heterocycles. The fraction of sp³-hybridized carbons (Fsp3) is 0.200. The number of benzene rings is 1. The molecule has 1 aromatic heterocycles. The molecule has 5 heteroatoms. The van der Waals surface area contributed by atoms with Crippen LogP contribution in [-0.4, -0.2) is 22.1 Å². The first-order chi connectivity index (χ1) is 7.22. The number of nitrogens with one attached hydrogen (secondary N) is 1. The lowest BCUT2D eigenvalue weighted by Crippen LogP contribution is -2.08. The van der Waals surface area contributed by atoms with Crippen LogP contribution in [0.25, 0.3) is 10.9 Å². The number of phenols is 1. The van der Waals surface area contributed by atoms with Gasteiger partial charge in [-0.15, -0.1) is 0 Å². The van der Waals surface area contributed by atoms with Crippen molar-refractivity contribution < 1.29 is 5.11 Å². The van der Waals surface area contributed by atoms with E-state index in [2.05, 4.69) is 15.3 Å². The molecule has 78 valence electrons. The Morgan fingerprint density at radius 3 is 2.93 bits per heavy atom. The van der Waals surface area contributed by atoms with Gasteiger partial charge in [-0.2, -0.15) is 0 Å². The Morgan fingerprint density at radius 2 is 2.20 bits per heavy atom. The minimum Gasteiger partial charge on any atom is -0.506 e. The summed E-state index contributed by atoms with van der Waals surface area (Å²) in [5.41, 5.74) is 1.27. The molecular formula is C10H10ClN3O. The van der Waals surface area contributed by atoms with Gasteiger partial charge in [0, 0.05) is 11.9 Å². The summed E-state index contributed by atoms with van der Waals surface area (Å²) in [7, 11) is 1.82. The topological polar surface area (TPSA) is 58.0 Å². The number of hydrogen-bond donors (Lipinski definition) is 2. The van der Waals surface area contributed by atoms with Crippen molar-refractivity contribution in [1.29, 1.82) is 0 Å². The summed E-state index contributed by atoms with van der Waals surface area (Å²) in [6.07, 6.45) is 0. The predicted molar refractivity (Wildman–Crippen MR) is 59.0 cm³/mol. The van der Waals surface area contributed by atoms with E-state index >= 15 is 0 Å². The van der Waals surface area contributed by atoms with E-state index in [1.54, 1.807) is 12.1 Å². The van der Waals surface area contributed by atoms with Gasteiger partial charge in [0.2, 0.25) is 5.28 Å². The Kier molecular flexibility index (Phi) is 2.70. The van der Waals surface area contributed by atoms with Crippen molar-refractivity contribution in [2.75, 3.05) is 7.05 Å². The quantitative estimate of drug-likeness (QED) is 0.761. The van der Waals surface area contributed by atoms with Gasteiger partial charge in [0.15, 0.2) is 0 Å². The Morgan fingerprint density at radius 1 is 1.40 bits per heavy atom. The molecule has 2 rings (SSSR count). The maximum absolute atomic E-state index is 9.62. The lowest BCUT2D eigenvalue weighted by atomic mass is 10.2. The van der Waals surface area contributed by atoms with Crippen LogP contribution in [0.1, 0.15) is 5.69 Å². The minimum atomic E-state index is 0.120. The Hall–Kier alpha value is -1.39. The Balaban J connectivity index is 2.74. The number of aromatic nitrogens is 2. The standard InChI is InChI=1S/C10H10ClN3O/c1-12-5-7-6-3-2-4-8(15)9(6)14-10(11)13-7/h2-4,12,15H,5H2,1H3. The van der Waals surface area contributed by atoms with Crippen LogP contribution >= 0.6 is 11.6 Å². The van der Waals surface area contributed by atoms with Crippen molar-refractivity contribution in [1.82, 2.24) is 15.3 Å². The first-order valence-corrected chi connectivity index (χ1v) is 4.89. The van der Waals surface area contributed by atoms with E-state index in [0.717, 1.165) is 11.1 Å². The summed E-state index contributed by atoms with van der Waals surface area (Å²) < 4.78 is 0. The van der Waals surface area contributed by atoms with Gasteiger partial charge >= 0.3 is 0 Å². The number of fused-ring (bicyclic) bond motifs is 1. The van der Waals surface area contributed by atoms with Gasteiger partial charge in [-0.05, 0) is 24.7 Å². The molecule has 1 aromatic carbocycles. The summed E-state index contributed by atoms with van der Waals surface area (Å²) in [5.74, 6) is 0.120. The number of phenolic OH excluding ortho intramolecular Hbond substituents is 1. The number of hydrogen-bond acceptors (Lipinski definition) is 4. The van der Waals surface area contributed by atoms with Crippen molar-refractivity contribution in [3.05, 3.63) is 29.2 Å². The third-order valence-electron chi connectivity index (χ3n) is 2.10. The number of nitrogens with zero attached hydrogens (tertiary/aromatic N) is 2. The second kappa shape index (κ2) is 4.00. The lowest BCUT2D eigenvalue weighted by Gasteiger charge is -2.06. The van der Waals surface area contributed by atoms with E-state index in [0.29, 0.717) is 12.1 Å². The molecule has 0 bridgehead atoms. The summed E-state index contributed by atoms with van der Waals surface area (Å²) in [6, 6.07) is 5.20. The molecule has 2 aromatic rings. The van der Waals surface area contributed by atoms with Crippen LogP contribution in [-0.2, 0) is 6.54 Å². The van der Waals surface area contributed by atoms with Gasteiger partial charge in [-0.1, -0.05) is 12.1 Å². The van der Waals surface area contributed by atoms with Crippen molar-refractivity contribution in [3.63, 3.8) is 0 Å². The highest BCUT2D eigenvalue weighted by Gasteiger charge is 2.08. The molecular weight excluding hydrogens is 214 g/mol. The molecule has 0 aliphatic heterocycles. The van der Waals surface area contributed by atoms with Crippen LogP contribution in [0.4, 0.5) is 0 Å². The van der Waals surface area contributed by atoms with Crippen LogP contribution in [0.15, 0.2) is 18.2 Å². The first-order valence-electron chi connectivity index (χ1n) is 4.51. The van der Waals surface area contributed by atoms with E-state index in [1.807, 2.05) is 13.1 Å². The van der Waals surface area contributed by atoms with Crippen LogP contribution in [0.3, 0.4) is 0 Å². The summed E-state index contributed by atoms with van der Waals surface area (Å²) in [4.78, 5) is 8.11. The molecule has 0 atom stereocenters. The normalized spacial score (nSPS) is 10.8. The van der Waals surface area contributed by atoms with Crippen molar-refractivity contribution in [2.24, 2.45) is 0 Å². The zero-order valence-electron chi connectivity index (χ0n) is 8.16. The molecule has 0 spiro atoms. The number of aromatic hydroxyl groups is 1. The monoisotopic (exact) mass is 223 g/mol. The third kappa shape index (κ3) is 1.86. The summed E-state index contributed by atoms with van der Waals surface area (Å²) in [6.45, 7) is 0.586. The van der Waals surface area contributed by atoms with Gasteiger partial charge in [0.1, 0.15) is 11.3 Å². The van der Waals surface area contributed by atoms with Crippen molar-refractivity contribution in [3.8, 4) is 5.75 Å². The van der Waals surface area contributed by atoms with Crippen molar-refractivity contribution in [2.45, 2.75) is 6.54 Å². The second-order valence-electron chi connectivity index (χ2n) is 3.14. The molecule has 15 heavy (non-hydrogen) atoms. The minimum absolute atomic E-state index is 0.120. The molecule has 4 nitrogen and oxygen atoms in total. The zero-order chi connectivity index (χ0) is 10.8. The Labute approximate surface area is 91.9 Å². The zero-order valence-corrected chi connectivity index (χ0v) is 8.91. The van der Waals surface area contributed by atoms with E-state index in [-0.39, 0.29) is 11.0 Å². The van der Waals surface area contributed by atoms with Crippen molar-refractivity contribution >= 4 is 22.5 Å². The lowest BCUT2D eigenvalue weighted by molar-refractivity contribution is 0.480. The fourth-order valence-electron chi connectivity index (χ4n) is 1.47. The maximum Gasteiger partial charge on any atom is 0.223 e. The number of halogens is 1. The maximum atomic E-state index is 9.62. The summed E-state index contributed by atoms with van der Waals surface area (Å²) >= 11 is 5.77. The van der Waals surface area contributed by atoms with Crippen LogP contribution in [0.5, 0.6) is 5.75 Å². The molecule has 0 fully saturated rings. The van der Waals surface area contributed by atoms with Crippen LogP contribution < -0.4 is 5.32 Å². The second-order valence-corrected chi connectivity index (χ2v) is 3.48. The van der Waals surface area contributed by atoms with Crippen LogP contribution in [0, 0.1) is 0 Å². The van der Waals surface area contributed by atoms with E-state index in [9.17, 15) is 5.11 Å². The molecule has 0 unspecified atom stereocenters. The van der Waals surface area contributed by atoms with E-state index < -0.39 is 0 Å². The molecule has 0 saturated heterocycles. The average molecular weight is 224 g/mol. The summed E-state index contributed by atoms with van der Waals surface area (Å²) in [5, 5.41) is 13.6. The van der Waals surface area contributed by atoms with E-state index in [4.69, 9.17) is 11.6 Å². The first kappa shape index (κ1) is 10.1. The van der Waals surface area contributed by atoms with Gasteiger partial charge in [0.05, 0.1) is 5.69 Å². The molecule has 0 amide bonds. The molecule has 2 N–H and O–H groups in total. The number of para-hydroxylation sites is 1. The van der Waals surface area contributed by atoms with Gasteiger partial charge in [-0.25, -0.2) is 9.97 Å². The van der Waals surface area contributed by atoms with E-state index in [1.165, 1.54) is 0 Å². The highest BCUT2D eigenvalue weighted by atomic mass is 35.5. The third-order valence-corrected chi connectivity index (χ3v) is 2.27. The fourth-order valence-corrected chi connectivity index (χ4v) is 1.66. The number of rotatable bonds is 2. The van der Waals surface area contributed by atoms with Gasteiger partial charge in [-0.3, -0.25) is 0 Å². The smallest absolute Gasteiger partial charge is 0.223 e. The molecule has 0 radical (unpaired) electrons. The Bertz CT molecular complexity index is 501. The highest BCUT2D eigenvalue weighted by molar-refractivity contribution is 6.28. The highest BCUT2D eigenvalue weighted by Crippen LogP contribution is 2.25. The van der Waals surface area contributed by atoms with Gasteiger partial charge < -0.3 is 10.4 Å². The average Bonchev–Trinajstić information content (AvgIpc) is 2.20. The van der Waals surface area contributed by atoms with Crippen LogP contribution in [0.2, 0.25) is 5.28 Å². The molecule has 0 aliphatic rings. The molecule has 0 saturated carbocycles. The predicted octanol–water partition coefficient (Wildman–Crippen LogP) is 1.71. The largest absolute Gasteiger partial charge is 0.506 e.